The molecular formula is C11H18ClN3O. The molecule has 1 aliphatic rings. The predicted molar refractivity (Wildman–Crippen MR) is 63.6 cm³/mol. The zero-order valence-corrected chi connectivity index (χ0v) is 10.7. The maximum Gasteiger partial charge on any atom is 0.0835 e. The number of aromatic nitrogens is 2. The van der Waals surface area contributed by atoms with Crippen LogP contribution in [0.4, 0.5) is 0 Å². The van der Waals surface area contributed by atoms with Gasteiger partial charge in [-0.25, -0.2) is 0 Å². The van der Waals surface area contributed by atoms with Crippen LogP contribution in [-0.4, -0.2) is 29.0 Å². The minimum Gasteiger partial charge on any atom is -0.373 e. The Labute approximate surface area is 101 Å². The molecule has 3 atom stereocenters. The van der Waals surface area contributed by atoms with Crippen LogP contribution in [0.25, 0.3) is 0 Å². The van der Waals surface area contributed by atoms with Crippen molar-refractivity contribution in [3.63, 3.8) is 0 Å². The SMILES string of the molecule is CNC(c1c(Cl)cnn1C)C1CCC(C)O1. The number of hydrogen-bond acceptors (Lipinski definition) is 3. The second-order valence-corrected chi connectivity index (χ2v) is 4.74. The van der Waals surface area contributed by atoms with Gasteiger partial charge in [0.05, 0.1) is 35.2 Å². The highest BCUT2D eigenvalue weighted by atomic mass is 35.5. The maximum absolute atomic E-state index is 6.15. The second kappa shape index (κ2) is 4.73. The van der Waals surface area contributed by atoms with Gasteiger partial charge in [0.2, 0.25) is 0 Å². The minimum atomic E-state index is 0.116. The molecule has 0 saturated carbocycles. The summed E-state index contributed by atoms with van der Waals surface area (Å²) in [5.41, 5.74) is 1.00. The van der Waals surface area contributed by atoms with Gasteiger partial charge in [-0.3, -0.25) is 4.68 Å². The van der Waals surface area contributed by atoms with Gasteiger partial charge in [-0.15, -0.1) is 0 Å². The third-order valence-electron chi connectivity index (χ3n) is 3.18. The highest BCUT2D eigenvalue weighted by molar-refractivity contribution is 6.31. The zero-order valence-electron chi connectivity index (χ0n) is 9.90. The van der Waals surface area contributed by atoms with Gasteiger partial charge in [0, 0.05) is 7.05 Å². The van der Waals surface area contributed by atoms with E-state index in [4.69, 9.17) is 16.3 Å². The lowest BCUT2D eigenvalue weighted by atomic mass is 10.0. The van der Waals surface area contributed by atoms with Crippen LogP contribution in [-0.2, 0) is 11.8 Å². The van der Waals surface area contributed by atoms with Crippen LogP contribution < -0.4 is 5.32 Å². The van der Waals surface area contributed by atoms with E-state index in [1.807, 2.05) is 18.8 Å². The summed E-state index contributed by atoms with van der Waals surface area (Å²) in [5.74, 6) is 0. The lowest BCUT2D eigenvalue weighted by Gasteiger charge is -2.23. The molecular weight excluding hydrogens is 226 g/mol. The normalized spacial score (nSPS) is 27.2. The van der Waals surface area contributed by atoms with Crippen LogP contribution in [0.2, 0.25) is 5.02 Å². The topological polar surface area (TPSA) is 39.1 Å². The van der Waals surface area contributed by atoms with Gasteiger partial charge in [0.1, 0.15) is 0 Å². The van der Waals surface area contributed by atoms with Gasteiger partial charge in [0.15, 0.2) is 0 Å². The number of nitrogens with zero attached hydrogens (tertiary/aromatic N) is 2. The van der Waals surface area contributed by atoms with Gasteiger partial charge >= 0.3 is 0 Å². The summed E-state index contributed by atoms with van der Waals surface area (Å²) in [7, 11) is 3.84. The van der Waals surface area contributed by atoms with Gasteiger partial charge < -0.3 is 10.1 Å². The van der Waals surface area contributed by atoms with Crippen molar-refractivity contribution >= 4 is 11.6 Å². The van der Waals surface area contributed by atoms with Crippen LogP contribution in [0.3, 0.4) is 0 Å². The lowest BCUT2D eigenvalue weighted by molar-refractivity contribution is 0.0316. The Bertz CT molecular complexity index is 347. The van der Waals surface area contributed by atoms with Gasteiger partial charge in [-0.2, -0.15) is 5.10 Å². The largest absolute Gasteiger partial charge is 0.373 e. The fourth-order valence-corrected chi connectivity index (χ4v) is 2.63. The van der Waals surface area contributed by atoms with Crippen molar-refractivity contribution in [2.75, 3.05) is 7.05 Å². The summed E-state index contributed by atoms with van der Waals surface area (Å²) in [6, 6.07) is 0.116. The monoisotopic (exact) mass is 243 g/mol. The summed E-state index contributed by atoms with van der Waals surface area (Å²) < 4.78 is 7.70. The molecule has 90 valence electrons. The van der Waals surface area contributed by atoms with Crippen LogP contribution >= 0.6 is 11.6 Å². The van der Waals surface area contributed by atoms with Crippen molar-refractivity contribution in [3.05, 3.63) is 16.9 Å². The number of aryl methyl sites for hydroxylation is 1. The maximum atomic E-state index is 6.15. The van der Waals surface area contributed by atoms with Crippen LogP contribution in [0.15, 0.2) is 6.20 Å². The van der Waals surface area contributed by atoms with Gasteiger partial charge in [-0.05, 0) is 26.8 Å². The summed E-state index contributed by atoms with van der Waals surface area (Å²) in [6.45, 7) is 2.11. The van der Waals surface area contributed by atoms with Crippen LogP contribution in [0.5, 0.6) is 0 Å². The molecule has 1 aromatic rings. The molecule has 2 rings (SSSR count). The molecule has 4 nitrogen and oxygen atoms in total. The average molecular weight is 244 g/mol. The quantitative estimate of drug-likeness (QED) is 0.882. The number of halogens is 1. The molecule has 1 aliphatic heterocycles. The van der Waals surface area contributed by atoms with Gasteiger partial charge in [-0.1, -0.05) is 11.6 Å². The molecule has 3 unspecified atom stereocenters. The zero-order chi connectivity index (χ0) is 11.7. The molecule has 0 bridgehead atoms. The fraction of sp³-hybridized carbons (Fsp3) is 0.727. The molecule has 0 radical (unpaired) electrons. The summed E-state index contributed by atoms with van der Waals surface area (Å²) in [6.07, 6.45) is 4.38. The molecule has 0 aromatic carbocycles. The third-order valence-corrected chi connectivity index (χ3v) is 3.47. The Morgan fingerprint density at radius 2 is 2.38 bits per heavy atom. The average Bonchev–Trinajstić information content (AvgIpc) is 2.80. The molecule has 1 aromatic heterocycles. The Kier molecular flexibility index (Phi) is 3.52. The van der Waals surface area contributed by atoms with E-state index in [2.05, 4.69) is 17.3 Å². The highest BCUT2D eigenvalue weighted by Gasteiger charge is 2.32. The van der Waals surface area contributed by atoms with E-state index in [0.717, 1.165) is 18.5 Å². The first kappa shape index (κ1) is 11.9. The number of ether oxygens (including phenoxy) is 1. The molecule has 5 heteroatoms. The Morgan fingerprint density at radius 1 is 1.62 bits per heavy atom. The van der Waals surface area contributed by atoms with Crippen molar-refractivity contribution in [1.29, 1.82) is 0 Å². The van der Waals surface area contributed by atoms with E-state index >= 15 is 0 Å². The first-order valence-electron chi connectivity index (χ1n) is 5.63. The third kappa shape index (κ3) is 2.10. The van der Waals surface area contributed by atoms with Crippen molar-refractivity contribution in [2.24, 2.45) is 7.05 Å². The highest BCUT2D eigenvalue weighted by Crippen LogP contribution is 2.32. The number of nitrogens with one attached hydrogen (secondary N) is 1. The van der Waals surface area contributed by atoms with E-state index in [1.165, 1.54) is 0 Å². The second-order valence-electron chi connectivity index (χ2n) is 4.33. The molecule has 1 saturated heterocycles. The molecule has 0 amide bonds. The van der Waals surface area contributed by atoms with E-state index < -0.39 is 0 Å². The minimum absolute atomic E-state index is 0.116. The Morgan fingerprint density at radius 3 is 2.81 bits per heavy atom. The first-order valence-corrected chi connectivity index (χ1v) is 6.01. The lowest BCUT2D eigenvalue weighted by Crippen LogP contribution is -2.31. The molecule has 1 fully saturated rings. The number of hydrogen-bond donors (Lipinski definition) is 1. The summed E-state index contributed by atoms with van der Waals surface area (Å²) in [5, 5.41) is 8.14. The predicted octanol–water partition coefficient (Wildman–Crippen LogP) is 1.90. The fourth-order valence-electron chi connectivity index (χ4n) is 2.35. The summed E-state index contributed by atoms with van der Waals surface area (Å²) >= 11 is 6.15. The molecule has 2 heterocycles. The van der Waals surface area contributed by atoms with E-state index in [-0.39, 0.29) is 12.1 Å². The van der Waals surface area contributed by atoms with Gasteiger partial charge in [0.25, 0.3) is 0 Å². The van der Waals surface area contributed by atoms with Crippen molar-refractivity contribution < 1.29 is 4.74 Å². The van der Waals surface area contributed by atoms with E-state index in [9.17, 15) is 0 Å². The van der Waals surface area contributed by atoms with Crippen LogP contribution in [0.1, 0.15) is 31.5 Å². The molecule has 0 aliphatic carbocycles. The van der Waals surface area contributed by atoms with E-state index in [1.54, 1.807) is 6.20 Å². The Balaban J connectivity index is 2.22. The number of likely N-dealkylation sites (N-methyl/N-ethyl adjacent to an activating group) is 1. The van der Waals surface area contributed by atoms with E-state index in [0.29, 0.717) is 11.1 Å². The molecule has 16 heavy (non-hydrogen) atoms. The van der Waals surface area contributed by atoms with Crippen molar-refractivity contribution in [2.45, 2.75) is 38.0 Å². The molecule has 1 N–H and O–H groups in total. The van der Waals surface area contributed by atoms with Crippen molar-refractivity contribution in [1.82, 2.24) is 15.1 Å². The van der Waals surface area contributed by atoms with Crippen molar-refractivity contribution in [3.8, 4) is 0 Å². The van der Waals surface area contributed by atoms with Crippen LogP contribution in [0, 0.1) is 0 Å². The summed E-state index contributed by atoms with van der Waals surface area (Å²) in [4.78, 5) is 0. The number of rotatable bonds is 3. The Hall–Kier alpha value is -0.580. The standard InChI is InChI=1S/C11H18ClN3O/c1-7-4-5-9(16-7)10(13-2)11-8(12)6-14-15(11)3/h6-7,9-10,13H,4-5H2,1-3H3. The molecule has 0 spiro atoms. The smallest absolute Gasteiger partial charge is 0.0835 e. The first-order chi connectivity index (χ1) is 7.63.